The molecule has 15 nitrogen and oxygen atoms in total. The largest absolute Gasteiger partial charge is 0.481 e. The van der Waals surface area contributed by atoms with Crippen molar-refractivity contribution in [3.63, 3.8) is 0 Å². The Hall–Kier alpha value is -3.14. The number of primary amides is 1. The first kappa shape index (κ1) is 31.9. The SMILES string of the molecule is CC(=O)N[C@@H](C=O)[C@@H](OC(C)C(=O)NC(C)C(=O)NCC(CCC(=O)O)C(N)=O)[C@H](O)[C@H](O)CO. The van der Waals surface area contributed by atoms with E-state index in [4.69, 9.17) is 20.7 Å². The number of aliphatic carboxylic acids is 1. The monoisotopic (exact) mass is 506 g/mol. The summed E-state index contributed by atoms with van der Waals surface area (Å²) < 4.78 is 5.39. The molecule has 0 aliphatic rings. The van der Waals surface area contributed by atoms with Gasteiger partial charge >= 0.3 is 5.97 Å². The second-order valence-electron chi connectivity index (χ2n) is 7.85. The second kappa shape index (κ2) is 15.7. The van der Waals surface area contributed by atoms with E-state index in [0.29, 0.717) is 0 Å². The van der Waals surface area contributed by atoms with Crippen LogP contribution >= 0.6 is 0 Å². The van der Waals surface area contributed by atoms with Crippen molar-refractivity contribution in [2.24, 2.45) is 11.7 Å². The standard InChI is InChI=1S/C20H34N4O11/c1-9(19(33)22-6-12(18(21)32)4-5-15(29)30)23-20(34)10(2)35-17(16(31)14(28)8-26)13(7-25)24-11(3)27/h7,9-10,12-14,16-17,26,28,31H,4-6,8H2,1-3H3,(H2,21,32)(H,22,33)(H,23,34)(H,24,27)(H,29,30)/t9?,10?,12?,13-,14+,16+,17+/m0/s1. The average molecular weight is 507 g/mol. The van der Waals surface area contributed by atoms with Crippen LogP contribution < -0.4 is 21.7 Å². The molecule has 0 heterocycles. The fourth-order valence-electron chi connectivity index (χ4n) is 2.85. The molecule has 0 fully saturated rings. The molecule has 15 heteroatoms. The molecule has 0 aliphatic carbocycles. The van der Waals surface area contributed by atoms with Gasteiger partial charge in [0.1, 0.15) is 42.8 Å². The van der Waals surface area contributed by atoms with E-state index >= 15 is 0 Å². The van der Waals surface area contributed by atoms with E-state index in [1.165, 1.54) is 13.8 Å². The highest BCUT2D eigenvalue weighted by Crippen LogP contribution is 2.12. The summed E-state index contributed by atoms with van der Waals surface area (Å²) in [5.74, 6) is -5.13. The lowest BCUT2D eigenvalue weighted by molar-refractivity contribution is -0.157. The molecule has 0 aromatic carbocycles. The number of rotatable bonds is 17. The smallest absolute Gasteiger partial charge is 0.303 e. The van der Waals surface area contributed by atoms with Gasteiger partial charge in [0.05, 0.1) is 12.5 Å². The molecule has 0 bridgehead atoms. The first-order chi connectivity index (χ1) is 16.2. The van der Waals surface area contributed by atoms with Crippen LogP contribution in [0.25, 0.3) is 0 Å². The number of carbonyl (C=O) groups excluding carboxylic acids is 5. The second-order valence-corrected chi connectivity index (χ2v) is 7.85. The number of carboxylic acid groups (broad SMARTS) is 1. The lowest BCUT2D eigenvalue weighted by atomic mass is 10.0. The number of hydrogen-bond donors (Lipinski definition) is 8. The summed E-state index contributed by atoms with van der Waals surface area (Å²) in [5.41, 5.74) is 5.20. The molecular weight excluding hydrogens is 472 g/mol. The minimum atomic E-state index is -1.87. The zero-order valence-electron chi connectivity index (χ0n) is 19.7. The fourth-order valence-corrected chi connectivity index (χ4v) is 2.85. The Kier molecular flexibility index (Phi) is 14.3. The number of amides is 4. The van der Waals surface area contributed by atoms with Gasteiger partial charge < -0.3 is 51.6 Å². The fraction of sp³-hybridized carbons (Fsp3) is 0.700. The van der Waals surface area contributed by atoms with Crippen molar-refractivity contribution in [1.82, 2.24) is 16.0 Å². The highest BCUT2D eigenvalue weighted by atomic mass is 16.5. The minimum Gasteiger partial charge on any atom is -0.481 e. The van der Waals surface area contributed by atoms with Gasteiger partial charge in [-0.3, -0.25) is 24.0 Å². The summed E-state index contributed by atoms with van der Waals surface area (Å²) in [5, 5.41) is 44.6. The highest BCUT2D eigenvalue weighted by Gasteiger charge is 2.37. The molecule has 0 saturated carbocycles. The van der Waals surface area contributed by atoms with E-state index in [1.807, 2.05) is 0 Å². The maximum atomic E-state index is 12.5. The van der Waals surface area contributed by atoms with Gasteiger partial charge in [0.15, 0.2) is 0 Å². The number of aliphatic hydroxyl groups excluding tert-OH is 3. The predicted molar refractivity (Wildman–Crippen MR) is 117 cm³/mol. The molecule has 7 atom stereocenters. The van der Waals surface area contributed by atoms with Gasteiger partial charge in [-0.2, -0.15) is 0 Å². The molecule has 0 aliphatic heterocycles. The molecule has 35 heavy (non-hydrogen) atoms. The third kappa shape index (κ3) is 11.7. The number of aliphatic hydroxyl groups is 3. The number of ether oxygens (including phenoxy) is 1. The van der Waals surface area contributed by atoms with E-state index in [1.54, 1.807) is 0 Å². The molecule has 4 amide bonds. The molecule has 0 rings (SSSR count). The van der Waals surface area contributed by atoms with Gasteiger partial charge in [0, 0.05) is 19.9 Å². The third-order valence-corrected chi connectivity index (χ3v) is 4.90. The number of nitrogens with two attached hydrogens (primary N) is 1. The summed E-state index contributed by atoms with van der Waals surface area (Å²) in [6.07, 6.45) is -6.85. The maximum Gasteiger partial charge on any atom is 0.303 e. The van der Waals surface area contributed by atoms with Gasteiger partial charge in [-0.15, -0.1) is 0 Å². The van der Waals surface area contributed by atoms with Crippen molar-refractivity contribution in [2.45, 2.75) is 70.1 Å². The van der Waals surface area contributed by atoms with E-state index in [-0.39, 0.29) is 25.7 Å². The van der Waals surface area contributed by atoms with Crippen LogP contribution in [0.1, 0.15) is 33.6 Å². The van der Waals surface area contributed by atoms with E-state index in [9.17, 15) is 39.0 Å². The molecule has 0 spiro atoms. The van der Waals surface area contributed by atoms with E-state index in [0.717, 1.165) is 6.92 Å². The van der Waals surface area contributed by atoms with Gasteiger partial charge in [0.25, 0.3) is 0 Å². The quantitative estimate of drug-likeness (QED) is 0.0877. The first-order valence-corrected chi connectivity index (χ1v) is 10.7. The van der Waals surface area contributed by atoms with Crippen molar-refractivity contribution in [3.8, 4) is 0 Å². The molecule has 3 unspecified atom stereocenters. The van der Waals surface area contributed by atoms with Crippen LogP contribution in [0.3, 0.4) is 0 Å². The van der Waals surface area contributed by atoms with Crippen LogP contribution in [0.15, 0.2) is 0 Å². The zero-order chi connectivity index (χ0) is 27.3. The molecule has 9 N–H and O–H groups in total. The molecular formula is C20H34N4O11. The summed E-state index contributed by atoms with van der Waals surface area (Å²) in [4.78, 5) is 69.6. The topological polar surface area (TPSA) is 255 Å². The molecule has 0 radical (unpaired) electrons. The minimum absolute atomic E-state index is 0.0911. The molecule has 0 aromatic rings. The Bertz CT molecular complexity index is 763. The van der Waals surface area contributed by atoms with Crippen LogP contribution in [0.2, 0.25) is 0 Å². The summed E-state index contributed by atoms with van der Waals surface area (Å²) in [6, 6.07) is -2.62. The number of hydrogen-bond acceptors (Lipinski definition) is 10. The summed E-state index contributed by atoms with van der Waals surface area (Å²) in [6.45, 7) is 2.46. The van der Waals surface area contributed by atoms with Crippen molar-refractivity contribution in [3.05, 3.63) is 0 Å². The lowest BCUT2D eigenvalue weighted by Gasteiger charge is -2.32. The van der Waals surface area contributed by atoms with Crippen molar-refractivity contribution < 1.29 is 53.9 Å². The number of carbonyl (C=O) groups is 6. The Morgan fingerprint density at radius 1 is 1.06 bits per heavy atom. The van der Waals surface area contributed by atoms with Crippen LogP contribution in [0, 0.1) is 5.92 Å². The van der Waals surface area contributed by atoms with Crippen molar-refractivity contribution in [2.75, 3.05) is 13.2 Å². The Morgan fingerprint density at radius 2 is 1.66 bits per heavy atom. The lowest BCUT2D eigenvalue weighted by Crippen LogP contribution is -2.57. The Morgan fingerprint density at radius 3 is 2.11 bits per heavy atom. The van der Waals surface area contributed by atoms with Gasteiger partial charge in [-0.25, -0.2) is 0 Å². The summed E-state index contributed by atoms with van der Waals surface area (Å²) in [7, 11) is 0. The normalized spacial score (nSPS) is 17.0. The molecule has 0 aromatic heterocycles. The average Bonchev–Trinajstić information content (AvgIpc) is 2.78. The third-order valence-electron chi connectivity index (χ3n) is 4.90. The number of carboxylic acids is 1. The van der Waals surface area contributed by atoms with E-state index in [2.05, 4.69) is 16.0 Å². The first-order valence-electron chi connectivity index (χ1n) is 10.7. The van der Waals surface area contributed by atoms with Crippen LogP contribution in [-0.4, -0.2) is 106 Å². The van der Waals surface area contributed by atoms with Gasteiger partial charge in [-0.05, 0) is 20.3 Å². The van der Waals surface area contributed by atoms with E-state index < -0.39 is 78.6 Å². The number of nitrogens with one attached hydrogen (secondary N) is 3. The molecule has 0 saturated heterocycles. The highest BCUT2D eigenvalue weighted by molar-refractivity contribution is 5.89. The van der Waals surface area contributed by atoms with Crippen LogP contribution in [0.4, 0.5) is 0 Å². The molecule has 200 valence electrons. The summed E-state index contributed by atoms with van der Waals surface area (Å²) >= 11 is 0. The Labute approximate surface area is 201 Å². The van der Waals surface area contributed by atoms with Gasteiger partial charge in [-0.1, -0.05) is 0 Å². The maximum absolute atomic E-state index is 12.5. The number of aldehydes is 1. The van der Waals surface area contributed by atoms with Crippen LogP contribution in [-0.2, 0) is 33.5 Å². The van der Waals surface area contributed by atoms with Crippen molar-refractivity contribution >= 4 is 35.9 Å². The zero-order valence-corrected chi connectivity index (χ0v) is 19.7. The van der Waals surface area contributed by atoms with Gasteiger partial charge in [0.2, 0.25) is 23.6 Å². The Balaban J connectivity index is 5.15. The van der Waals surface area contributed by atoms with Crippen LogP contribution in [0.5, 0.6) is 0 Å². The predicted octanol–water partition coefficient (Wildman–Crippen LogP) is -4.23. The van der Waals surface area contributed by atoms with Crippen molar-refractivity contribution in [1.29, 1.82) is 0 Å².